The van der Waals surface area contributed by atoms with E-state index in [0.717, 1.165) is 29.5 Å². The first-order chi connectivity index (χ1) is 15.7. The van der Waals surface area contributed by atoms with Gasteiger partial charge in [0.2, 0.25) is 0 Å². The third-order valence-corrected chi connectivity index (χ3v) is 5.55. The number of nitrogens with one attached hydrogen (secondary N) is 1. The highest BCUT2D eigenvalue weighted by Gasteiger charge is 2.14. The fourth-order valence-corrected chi connectivity index (χ4v) is 3.64. The van der Waals surface area contributed by atoms with Crippen molar-refractivity contribution in [1.82, 2.24) is 0 Å². The molecule has 5 heteroatoms. The summed E-state index contributed by atoms with van der Waals surface area (Å²) in [7, 11) is 0. The van der Waals surface area contributed by atoms with E-state index in [4.69, 9.17) is 9.47 Å². The number of anilines is 1. The van der Waals surface area contributed by atoms with Crippen LogP contribution in [0, 0.1) is 0 Å². The highest BCUT2D eigenvalue weighted by atomic mass is 79.9. The number of unbranched alkanes of at least 4 members (excludes halogenated alkanes) is 3. The Bertz CT molecular complexity index is 974. The lowest BCUT2D eigenvalue weighted by Gasteiger charge is -2.13. The summed E-state index contributed by atoms with van der Waals surface area (Å²) < 4.78 is 12.6. The van der Waals surface area contributed by atoms with Crippen molar-refractivity contribution < 1.29 is 14.3 Å². The predicted molar refractivity (Wildman–Crippen MR) is 134 cm³/mol. The molecule has 3 aromatic carbocycles. The molecule has 0 saturated heterocycles. The lowest BCUT2D eigenvalue weighted by Crippen LogP contribution is -2.14. The number of amides is 1. The Labute approximate surface area is 199 Å². The van der Waals surface area contributed by atoms with Crippen LogP contribution in [0.2, 0.25) is 0 Å². The van der Waals surface area contributed by atoms with Crippen LogP contribution in [-0.2, 0) is 6.42 Å². The van der Waals surface area contributed by atoms with Gasteiger partial charge in [-0.25, -0.2) is 0 Å². The number of ether oxygens (including phenoxy) is 2. The van der Waals surface area contributed by atoms with Crippen LogP contribution in [0.15, 0.2) is 77.3 Å². The molecule has 0 aliphatic heterocycles. The molecule has 0 aliphatic carbocycles. The number of benzene rings is 3. The minimum absolute atomic E-state index is 0.201. The van der Waals surface area contributed by atoms with Crippen LogP contribution in [-0.4, -0.2) is 19.1 Å². The molecular weight excluding hydrogens is 466 g/mol. The van der Waals surface area contributed by atoms with E-state index in [9.17, 15) is 4.79 Å². The molecule has 0 atom stereocenters. The van der Waals surface area contributed by atoms with E-state index in [1.807, 2.05) is 54.6 Å². The summed E-state index contributed by atoms with van der Waals surface area (Å²) >= 11 is 3.45. The summed E-state index contributed by atoms with van der Waals surface area (Å²) in [5, 5.41) is 2.95. The van der Waals surface area contributed by atoms with Crippen LogP contribution >= 0.6 is 15.9 Å². The van der Waals surface area contributed by atoms with Gasteiger partial charge >= 0.3 is 0 Å². The van der Waals surface area contributed by atoms with E-state index in [1.54, 1.807) is 6.07 Å². The highest BCUT2D eigenvalue weighted by Crippen LogP contribution is 2.25. The van der Waals surface area contributed by atoms with Crippen molar-refractivity contribution in [2.45, 2.75) is 39.0 Å². The van der Waals surface area contributed by atoms with E-state index in [2.05, 4.69) is 40.3 Å². The molecule has 0 bridgehead atoms. The van der Waals surface area contributed by atoms with E-state index in [0.29, 0.717) is 30.2 Å². The quantitative estimate of drug-likeness (QED) is 0.268. The van der Waals surface area contributed by atoms with Gasteiger partial charge in [-0.05, 0) is 54.4 Å². The number of halogens is 1. The second-order valence-corrected chi connectivity index (χ2v) is 8.53. The van der Waals surface area contributed by atoms with Gasteiger partial charge in [-0.2, -0.15) is 0 Å². The number of carbonyl (C=O) groups excluding carboxylic acids is 1. The Morgan fingerprint density at radius 2 is 1.66 bits per heavy atom. The molecule has 0 aromatic heterocycles. The van der Waals surface area contributed by atoms with E-state index >= 15 is 0 Å². The Morgan fingerprint density at radius 3 is 2.41 bits per heavy atom. The smallest absolute Gasteiger partial charge is 0.259 e. The summed E-state index contributed by atoms with van der Waals surface area (Å²) in [5.41, 5.74) is 2.46. The van der Waals surface area contributed by atoms with E-state index in [-0.39, 0.29) is 5.91 Å². The number of hydrogen-bond acceptors (Lipinski definition) is 3. The van der Waals surface area contributed by atoms with Crippen molar-refractivity contribution in [3.63, 3.8) is 0 Å². The monoisotopic (exact) mass is 495 g/mol. The molecule has 4 nitrogen and oxygen atoms in total. The SMILES string of the molecule is CCCCCCOc1ccc(Br)cc1C(=O)Nc1ccc(OCCc2ccccc2)cc1. The van der Waals surface area contributed by atoms with Crippen molar-refractivity contribution >= 4 is 27.5 Å². The molecule has 0 spiro atoms. The van der Waals surface area contributed by atoms with Crippen LogP contribution in [0.5, 0.6) is 11.5 Å². The van der Waals surface area contributed by atoms with Gasteiger partial charge in [0.25, 0.3) is 5.91 Å². The average molecular weight is 496 g/mol. The molecule has 3 aromatic rings. The second kappa shape index (κ2) is 12.9. The first-order valence-electron chi connectivity index (χ1n) is 11.2. The maximum absolute atomic E-state index is 12.9. The van der Waals surface area contributed by atoms with Crippen molar-refractivity contribution in [3.8, 4) is 11.5 Å². The molecule has 1 N–H and O–H groups in total. The zero-order valence-corrected chi connectivity index (χ0v) is 20.1. The van der Waals surface area contributed by atoms with Crippen molar-refractivity contribution in [3.05, 3.63) is 88.4 Å². The number of rotatable bonds is 12. The molecule has 0 fully saturated rings. The standard InChI is InChI=1S/C27H30BrNO3/c1-2-3-4-8-18-32-26-16-11-22(28)20-25(26)27(30)29-23-12-14-24(15-13-23)31-19-17-21-9-6-5-7-10-21/h5-7,9-16,20H,2-4,8,17-19H2,1H3,(H,29,30). The van der Waals surface area contributed by atoms with Gasteiger partial charge in [-0.1, -0.05) is 72.4 Å². The second-order valence-electron chi connectivity index (χ2n) is 7.61. The summed E-state index contributed by atoms with van der Waals surface area (Å²) in [6, 6.07) is 23.2. The molecule has 0 radical (unpaired) electrons. The Balaban J connectivity index is 1.54. The number of hydrogen-bond donors (Lipinski definition) is 1. The van der Waals surface area contributed by atoms with Crippen molar-refractivity contribution in [2.24, 2.45) is 0 Å². The molecule has 0 unspecified atom stereocenters. The van der Waals surface area contributed by atoms with Gasteiger partial charge in [-0.15, -0.1) is 0 Å². The van der Waals surface area contributed by atoms with Crippen molar-refractivity contribution in [1.29, 1.82) is 0 Å². The minimum atomic E-state index is -0.201. The summed E-state index contributed by atoms with van der Waals surface area (Å²) in [6.45, 7) is 3.39. The molecule has 32 heavy (non-hydrogen) atoms. The van der Waals surface area contributed by atoms with Gasteiger partial charge in [-0.3, -0.25) is 4.79 Å². The van der Waals surface area contributed by atoms with Crippen LogP contribution < -0.4 is 14.8 Å². The molecule has 3 rings (SSSR count). The van der Waals surface area contributed by atoms with Gasteiger partial charge in [0.1, 0.15) is 11.5 Å². The topological polar surface area (TPSA) is 47.6 Å². The Kier molecular flexibility index (Phi) is 9.63. The fraction of sp³-hybridized carbons (Fsp3) is 0.296. The fourth-order valence-electron chi connectivity index (χ4n) is 3.28. The first kappa shape index (κ1) is 23.9. The molecule has 0 aliphatic rings. The van der Waals surface area contributed by atoms with Crippen LogP contribution in [0.1, 0.15) is 48.5 Å². The first-order valence-corrected chi connectivity index (χ1v) is 12.0. The Morgan fingerprint density at radius 1 is 0.875 bits per heavy atom. The lowest BCUT2D eigenvalue weighted by atomic mass is 10.1. The van der Waals surface area contributed by atoms with Gasteiger partial charge in [0.15, 0.2) is 0 Å². The molecule has 168 valence electrons. The summed E-state index contributed by atoms with van der Waals surface area (Å²) in [5.74, 6) is 1.17. The molecular formula is C27H30BrNO3. The third-order valence-electron chi connectivity index (χ3n) is 5.06. The zero-order valence-electron chi connectivity index (χ0n) is 18.5. The highest BCUT2D eigenvalue weighted by molar-refractivity contribution is 9.10. The van der Waals surface area contributed by atoms with Gasteiger partial charge in [0.05, 0.1) is 18.8 Å². The third kappa shape index (κ3) is 7.72. The van der Waals surface area contributed by atoms with Crippen LogP contribution in [0.25, 0.3) is 0 Å². The predicted octanol–water partition coefficient (Wildman–Crippen LogP) is 7.28. The minimum Gasteiger partial charge on any atom is -0.493 e. The average Bonchev–Trinajstić information content (AvgIpc) is 2.81. The number of carbonyl (C=O) groups is 1. The van der Waals surface area contributed by atoms with E-state index < -0.39 is 0 Å². The normalized spacial score (nSPS) is 10.6. The largest absolute Gasteiger partial charge is 0.493 e. The molecule has 0 saturated carbocycles. The van der Waals surface area contributed by atoms with Gasteiger partial charge in [0, 0.05) is 16.6 Å². The Hall–Kier alpha value is -2.79. The van der Waals surface area contributed by atoms with Crippen LogP contribution in [0.4, 0.5) is 5.69 Å². The lowest BCUT2D eigenvalue weighted by molar-refractivity contribution is 0.102. The zero-order chi connectivity index (χ0) is 22.6. The molecule has 0 heterocycles. The summed E-state index contributed by atoms with van der Waals surface area (Å²) in [6.07, 6.45) is 5.35. The maximum Gasteiger partial charge on any atom is 0.259 e. The van der Waals surface area contributed by atoms with Crippen molar-refractivity contribution in [2.75, 3.05) is 18.5 Å². The maximum atomic E-state index is 12.9. The van der Waals surface area contributed by atoms with Gasteiger partial charge < -0.3 is 14.8 Å². The van der Waals surface area contributed by atoms with Crippen LogP contribution in [0.3, 0.4) is 0 Å². The summed E-state index contributed by atoms with van der Waals surface area (Å²) in [4.78, 5) is 12.9. The van der Waals surface area contributed by atoms with E-state index in [1.165, 1.54) is 18.4 Å². The molecule has 1 amide bonds.